The third-order valence-corrected chi connectivity index (χ3v) is 4.31. The molecule has 0 saturated carbocycles. The van der Waals surface area contributed by atoms with Crippen LogP contribution in [0.4, 0.5) is 19.1 Å². The number of rotatable bonds is 3. The highest BCUT2D eigenvalue weighted by atomic mass is 35.5. The largest absolute Gasteiger partial charge is 0.453 e. The number of nitrogens with zero attached hydrogens (tertiary/aromatic N) is 3. The standard InChI is InChI=1S/C12H12ClF3N4O3S/c1-5(2)6-3-7(13)8(4-9(6)24(21,22)23)20-11(17)18-10(19-20)12(14,15)16/h3-5H,1-2H3,(H2,17,18,19)(H,21,22,23). The summed E-state index contributed by atoms with van der Waals surface area (Å²) in [6, 6.07) is 2.12. The molecule has 1 heterocycles. The molecule has 12 heteroatoms. The molecule has 0 aliphatic heterocycles. The van der Waals surface area contributed by atoms with Crippen molar-refractivity contribution in [3.8, 4) is 5.69 Å². The summed E-state index contributed by atoms with van der Waals surface area (Å²) in [5.41, 5.74) is 5.35. The van der Waals surface area contributed by atoms with Crippen molar-refractivity contribution in [2.75, 3.05) is 5.73 Å². The van der Waals surface area contributed by atoms with Gasteiger partial charge in [-0.1, -0.05) is 25.4 Å². The molecule has 0 saturated heterocycles. The van der Waals surface area contributed by atoms with Crippen molar-refractivity contribution in [2.24, 2.45) is 0 Å². The fourth-order valence-corrected chi connectivity index (χ4v) is 3.12. The smallest absolute Gasteiger partial charge is 0.368 e. The number of benzene rings is 1. The molecule has 0 unspecified atom stereocenters. The number of aromatic nitrogens is 3. The van der Waals surface area contributed by atoms with Gasteiger partial charge in [0.05, 0.1) is 15.6 Å². The van der Waals surface area contributed by atoms with Crippen molar-refractivity contribution in [1.29, 1.82) is 0 Å². The molecule has 0 atom stereocenters. The highest BCUT2D eigenvalue weighted by molar-refractivity contribution is 7.85. The van der Waals surface area contributed by atoms with Gasteiger partial charge in [-0.2, -0.15) is 31.3 Å². The van der Waals surface area contributed by atoms with Gasteiger partial charge in [-0.15, -0.1) is 5.10 Å². The molecule has 0 aliphatic carbocycles. The van der Waals surface area contributed by atoms with Gasteiger partial charge in [-0.3, -0.25) is 4.55 Å². The molecule has 0 fully saturated rings. The van der Waals surface area contributed by atoms with E-state index in [1.807, 2.05) is 0 Å². The molecule has 1 aromatic heterocycles. The number of nitrogen functional groups attached to an aromatic ring is 1. The second kappa shape index (κ2) is 5.90. The normalized spacial score (nSPS) is 12.8. The van der Waals surface area contributed by atoms with E-state index in [0.29, 0.717) is 4.68 Å². The molecule has 0 radical (unpaired) electrons. The summed E-state index contributed by atoms with van der Waals surface area (Å²) in [4.78, 5) is 2.58. The van der Waals surface area contributed by atoms with E-state index < -0.39 is 33.0 Å². The third-order valence-electron chi connectivity index (χ3n) is 3.09. The zero-order valence-corrected chi connectivity index (χ0v) is 13.9. The van der Waals surface area contributed by atoms with E-state index in [1.165, 1.54) is 6.07 Å². The van der Waals surface area contributed by atoms with E-state index in [9.17, 15) is 26.1 Å². The van der Waals surface area contributed by atoms with Crippen LogP contribution < -0.4 is 5.73 Å². The van der Waals surface area contributed by atoms with E-state index in [-0.39, 0.29) is 22.2 Å². The minimum atomic E-state index is -4.84. The number of anilines is 1. The first-order valence-electron chi connectivity index (χ1n) is 6.43. The second-order valence-corrected chi connectivity index (χ2v) is 6.97. The van der Waals surface area contributed by atoms with Crippen molar-refractivity contribution in [1.82, 2.24) is 14.8 Å². The predicted molar refractivity (Wildman–Crippen MR) is 79.7 cm³/mol. The lowest BCUT2D eigenvalue weighted by Crippen LogP contribution is -2.10. The molecule has 2 rings (SSSR count). The van der Waals surface area contributed by atoms with Crippen LogP contribution in [0.15, 0.2) is 17.0 Å². The molecule has 132 valence electrons. The van der Waals surface area contributed by atoms with Crippen LogP contribution in [0.25, 0.3) is 5.69 Å². The Kier molecular flexibility index (Phi) is 4.55. The summed E-state index contributed by atoms with van der Waals surface area (Å²) in [6.07, 6.45) is -4.84. The number of hydrogen-bond acceptors (Lipinski definition) is 5. The first-order valence-corrected chi connectivity index (χ1v) is 8.25. The molecule has 1 aromatic carbocycles. The van der Waals surface area contributed by atoms with Gasteiger partial charge in [0.15, 0.2) is 0 Å². The van der Waals surface area contributed by atoms with Crippen molar-refractivity contribution >= 4 is 27.7 Å². The molecule has 0 spiro atoms. The molecule has 0 amide bonds. The third kappa shape index (κ3) is 3.47. The Morgan fingerprint density at radius 1 is 1.33 bits per heavy atom. The lowest BCUT2D eigenvalue weighted by atomic mass is 10.0. The monoisotopic (exact) mass is 384 g/mol. The molecule has 0 aliphatic rings. The number of alkyl halides is 3. The number of hydrogen-bond donors (Lipinski definition) is 2. The van der Waals surface area contributed by atoms with Crippen LogP contribution >= 0.6 is 11.6 Å². The van der Waals surface area contributed by atoms with Gasteiger partial charge in [-0.05, 0) is 23.6 Å². The summed E-state index contributed by atoms with van der Waals surface area (Å²) in [7, 11) is -4.64. The molecule has 24 heavy (non-hydrogen) atoms. The van der Waals surface area contributed by atoms with Crippen LogP contribution in [0.2, 0.25) is 5.02 Å². The van der Waals surface area contributed by atoms with E-state index in [4.69, 9.17) is 17.3 Å². The van der Waals surface area contributed by atoms with E-state index >= 15 is 0 Å². The topological polar surface area (TPSA) is 111 Å². The maximum atomic E-state index is 12.7. The SMILES string of the molecule is CC(C)c1cc(Cl)c(-n2nc(C(F)(F)F)nc2N)cc1S(=O)(=O)O. The lowest BCUT2D eigenvalue weighted by Gasteiger charge is -2.14. The molecular formula is C12H12ClF3N4O3S. The predicted octanol–water partition coefficient (Wildman–Crippen LogP) is 2.89. The Morgan fingerprint density at radius 2 is 1.92 bits per heavy atom. The minimum absolute atomic E-state index is 0.101. The van der Waals surface area contributed by atoms with Crippen molar-refractivity contribution in [3.63, 3.8) is 0 Å². The Labute approximate surface area is 140 Å². The van der Waals surface area contributed by atoms with E-state index in [0.717, 1.165) is 6.07 Å². The summed E-state index contributed by atoms with van der Waals surface area (Å²) >= 11 is 6.02. The zero-order valence-electron chi connectivity index (χ0n) is 12.3. The maximum absolute atomic E-state index is 12.7. The first kappa shape index (κ1) is 18.5. The number of halogens is 4. The van der Waals surface area contributed by atoms with Gasteiger partial charge < -0.3 is 5.73 Å². The van der Waals surface area contributed by atoms with Gasteiger partial charge in [0.1, 0.15) is 0 Å². The Balaban J connectivity index is 2.75. The van der Waals surface area contributed by atoms with Crippen molar-refractivity contribution in [2.45, 2.75) is 30.8 Å². The average Bonchev–Trinajstić information content (AvgIpc) is 2.79. The van der Waals surface area contributed by atoms with Gasteiger partial charge in [0.2, 0.25) is 5.95 Å². The minimum Gasteiger partial charge on any atom is -0.368 e. The van der Waals surface area contributed by atoms with Crippen LogP contribution in [-0.2, 0) is 16.3 Å². The van der Waals surface area contributed by atoms with Crippen molar-refractivity contribution in [3.05, 3.63) is 28.5 Å². The summed E-state index contributed by atoms with van der Waals surface area (Å²) in [5.74, 6) is -2.47. The van der Waals surface area contributed by atoms with Gasteiger partial charge in [-0.25, -0.2) is 0 Å². The molecule has 7 nitrogen and oxygen atoms in total. The fraction of sp³-hybridized carbons (Fsp3) is 0.333. The van der Waals surface area contributed by atoms with Crippen LogP contribution in [-0.4, -0.2) is 27.7 Å². The fourth-order valence-electron chi connectivity index (χ4n) is 2.02. The Bertz CT molecular complexity index is 894. The molecule has 0 bridgehead atoms. The Hall–Kier alpha value is -1.85. The molecule has 3 N–H and O–H groups in total. The highest BCUT2D eigenvalue weighted by Crippen LogP contribution is 2.34. The molecule has 2 aromatic rings. The second-order valence-electron chi connectivity index (χ2n) is 5.17. The van der Waals surface area contributed by atoms with Crippen LogP contribution in [0.5, 0.6) is 0 Å². The first-order chi connectivity index (χ1) is 10.8. The zero-order chi connectivity index (χ0) is 18.4. The average molecular weight is 385 g/mol. The van der Waals surface area contributed by atoms with Gasteiger partial charge >= 0.3 is 6.18 Å². The van der Waals surface area contributed by atoms with Crippen molar-refractivity contribution < 1.29 is 26.1 Å². The number of nitrogens with two attached hydrogens (primary N) is 1. The summed E-state index contributed by atoms with van der Waals surface area (Å²) < 4.78 is 71.1. The highest BCUT2D eigenvalue weighted by Gasteiger charge is 2.37. The van der Waals surface area contributed by atoms with Crippen LogP contribution in [0, 0.1) is 0 Å². The maximum Gasteiger partial charge on any atom is 0.453 e. The van der Waals surface area contributed by atoms with Crippen LogP contribution in [0.3, 0.4) is 0 Å². The summed E-state index contributed by atoms with van der Waals surface area (Å²) in [6.45, 7) is 3.32. The molecular weight excluding hydrogens is 373 g/mol. The van der Waals surface area contributed by atoms with Gasteiger partial charge in [0.25, 0.3) is 15.9 Å². The lowest BCUT2D eigenvalue weighted by molar-refractivity contribution is -0.144. The van der Waals surface area contributed by atoms with Gasteiger partial charge in [0, 0.05) is 0 Å². The van der Waals surface area contributed by atoms with E-state index in [2.05, 4.69) is 10.1 Å². The quantitative estimate of drug-likeness (QED) is 0.787. The van der Waals surface area contributed by atoms with E-state index in [1.54, 1.807) is 13.8 Å². The van der Waals surface area contributed by atoms with Crippen LogP contribution in [0.1, 0.15) is 31.2 Å². The summed E-state index contributed by atoms with van der Waals surface area (Å²) in [5, 5.41) is 3.10. The Morgan fingerprint density at radius 3 is 2.33 bits per heavy atom.